The number of aliphatic hydroxyl groups is 7. The molecule has 2 fully saturated rings. The summed E-state index contributed by atoms with van der Waals surface area (Å²) in [6, 6.07) is 0. The molecule has 0 bridgehead atoms. The molecule has 9 N–H and O–H groups in total. The van der Waals surface area contributed by atoms with Crippen LogP contribution < -0.4 is 0 Å². The van der Waals surface area contributed by atoms with Crippen LogP contribution in [0.5, 0.6) is 0 Å². The number of ether oxygens (including phenoxy) is 3. The van der Waals surface area contributed by atoms with Crippen LogP contribution in [0.3, 0.4) is 0 Å². The standard InChI is InChI=1S/C12H23O14P/c13-5-3(25-11(19)9(17)7(5)15)1-23-12-10(18)8(16)6(14)4(26-12)2-24-27(20,21)22/h3-19H,1-2H2,(H2,20,21,22)/t3-,4-,5-,6-,7+,8+,9+,10+,11+,12+/m1/s1. The number of hydrogen-bond acceptors (Lipinski definition) is 12. The van der Waals surface area contributed by atoms with Crippen molar-refractivity contribution >= 4 is 7.82 Å². The Labute approximate surface area is 152 Å². The quantitative estimate of drug-likeness (QED) is 0.182. The highest BCUT2D eigenvalue weighted by molar-refractivity contribution is 7.46. The van der Waals surface area contributed by atoms with E-state index in [2.05, 4.69) is 4.52 Å². The second-order valence-corrected chi connectivity index (χ2v) is 7.41. The van der Waals surface area contributed by atoms with Crippen molar-refractivity contribution in [2.75, 3.05) is 13.2 Å². The van der Waals surface area contributed by atoms with Crippen molar-refractivity contribution in [2.45, 2.75) is 61.4 Å². The molecule has 15 heteroatoms. The third-order valence-electron chi connectivity index (χ3n) is 4.19. The lowest BCUT2D eigenvalue weighted by Crippen LogP contribution is -2.61. The summed E-state index contributed by atoms with van der Waals surface area (Å²) in [6.07, 6.45) is -16.8. The van der Waals surface area contributed by atoms with Crippen LogP contribution in [-0.2, 0) is 23.3 Å². The second-order valence-electron chi connectivity index (χ2n) is 6.17. The third-order valence-corrected chi connectivity index (χ3v) is 4.67. The van der Waals surface area contributed by atoms with Crippen LogP contribution in [0.25, 0.3) is 0 Å². The van der Waals surface area contributed by atoms with Crippen molar-refractivity contribution in [2.24, 2.45) is 0 Å². The first-order chi connectivity index (χ1) is 12.4. The van der Waals surface area contributed by atoms with Gasteiger partial charge in [0.05, 0.1) is 13.2 Å². The molecule has 0 unspecified atom stereocenters. The highest BCUT2D eigenvalue weighted by Crippen LogP contribution is 2.37. The van der Waals surface area contributed by atoms with Crippen molar-refractivity contribution < 1.29 is 68.8 Å². The summed E-state index contributed by atoms with van der Waals surface area (Å²) in [4.78, 5) is 17.4. The lowest BCUT2D eigenvalue weighted by Gasteiger charge is -2.42. The Morgan fingerprint density at radius 3 is 1.78 bits per heavy atom. The lowest BCUT2D eigenvalue weighted by molar-refractivity contribution is -0.325. The van der Waals surface area contributed by atoms with E-state index in [-0.39, 0.29) is 0 Å². The molecule has 2 heterocycles. The van der Waals surface area contributed by atoms with Gasteiger partial charge in [-0.15, -0.1) is 0 Å². The minimum absolute atomic E-state index is 0.585. The van der Waals surface area contributed by atoms with Gasteiger partial charge in [-0.25, -0.2) is 4.57 Å². The Morgan fingerprint density at radius 2 is 1.22 bits per heavy atom. The number of hydrogen-bond donors (Lipinski definition) is 9. The maximum absolute atomic E-state index is 10.7. The average molecular weight is 422 g/mol. The van der Waals surface area contributed by atoms with Gasteiger partial charge in [-0.2, -0.15) is 0 Å². The van der Waals surface area contributed by atoms with Crippen LogP contribution in [0.4, 0.5) is 0 Å². The van der Waals surface area contributed by atoms with E-state index in [1.165, 1.54) is 0 Å². The SMILES string of the molecule is O=P(O)(O)OC[C@H]1O[C@H](OC[C@H]2O[C@H](O)[C@@H](O)[C@@H](O)[C@@H]2O)[C@@H](O)[C@@H](O)[C@@H]1O. The van der Waals surface area contributed by atoms with E-state index in [1.807, 2.05) is 0 Å². The zero-order valence-electron chi connectivity index (χ0n) is 13.7. The van der Waals surface area contributed by atoms with E-state index in [0.717, 1.165) is 0 Å². The van der Waals surface area contributed by atoms with Crippen molar-refractivity contribution in [3.8, 4) is 0 Å². The first-order valence-corrected chi connectivity index (χ1v) is 9.34. The van der Waals surface area contributed by atoms with Crippen molar-refractivity contribution in [3.05, 3.63) is 0 Å². The molecular formula is C12H23O14P. The van der Waals surface area contributed by atoms with Gasteiger partial charge >= 0.3 is 7.82 Å². The molecule has 0 aromatic carbocycles. The minimum atomic E-state index is -4.89. The summed E-state index contributed by atoms with van der Waals surface area (Å²) in [7, 11) is -4.89. The number of aliphatic hydroxyl groups excluding tert-OH is 7. The molecule has 2 saturated heterocycles. The van der Waals surface area contributed by atoms with Crippen molar-refractivity contribution in [3.63, 3.8) is 0 Å². The normalized spacial score (nSPS) is 46.4. The third kappa shape index (κ3) is 5.62. The van der Waals surface area contributed by atoms with Gasteiger partial charge < -0.3 is 59.7 Å². The van der Waals surface area contributed by atoms with E-state index in [4.69, 9.17) is 24.0 Å². The number of phosphoric acid groups is 1. The van der Waals surface area contributed by atoms with Gasteiger partial charge in [-0.3, -0.25) is 4.52 Å². The van der Waals surface area contributed by atoms with E-state index in [9.17, 15) is 40.3 Å². The summed E-state index contributed by atoms with van der Waals surface area (Å²) in [5.41, 5.74) is 0. The van der Waals surface area contributed by atoms with E-state index < -0.39 is 82.4 Å². The lowest BCUT2D eigenvalue weighted by atomic mass is 9.98. The molecule has 0 saturated carbocycles. The maximum atomic E-state index is 10.7. The minimum Gasteiger partial charge on any atom is -0.387 e. The molecule has 0 aliphatic carbocycles. The molecule has 0 spiro atoms. The highest BCUT2D eigenvalue weighted by Gasteiger charge is 2.47. The van der Waals surface area contributed by atoms with Gasteiger partial charge in [0.2, 0.25) is 0 Å². The van der Waals surface area contributed by atoms with Crippen LogP contribution in [0.15, 0.2) is 0 Å². The predicted molar refractivity (Wildman–Crippen MR) is 79.5 cm³/mol. The Balaban J connectivity index is 1.96. The molecule has 2 aliphatic rings. The first kappa shape index (κ1) is 23.0. The summed E-state index contributed by atoms with van der Waals surface area (Å²) in [6.45, 7) is -1.42. The fraction of sp³-hybridized carbons (Fsp3) is 1.00. The maximum Gasteiger partial charge on any atom is 0.469 e. The molecule has 14 nitrogen and oxygen atoms in total. The molecule has 0 amide bonds. The summed E-state index contributed by atoms with van der Waals surface area (Å²) < 4.78 is 30.1. The van der Waals surface area contributed by atoms with Crippen LogP contribution in [0.2, 0.25) is 0 Å². The Bertz CT molecular complexity index is 528. The Morgan fingerprint density at radius 1 is 0.704 bits per heavy atom. The zero-order chi connectivity index (χ0) is 20.5. The molecule has 27 heavy (non-hydrogen) atoms. The van der Waals surface area contributed by atoms with Crippen LogP contribution in [0, 0.1) is 0 Å². The van der Waals surface area contributed by atoms with Crippen LogP contribution in [-0.4, -0.2) is 120 Å². The molecule has 0 radical (unpaired) electrons. The van der Waals surface area contributed by atoms with Gasteiger partial charge in [0.25, 0.3) is 0 Å². The molecule has 0 aromatic rings. The molecule has 160 valence electrons. The molecule has 2 rings (SSSR count). The molecule has 2 aliphatic heterocycles. The van der Waals surface area contributed by atoms with Crippen molar-refractivity contribution in [1.29, 1.82) is 0 Å². The van der Waals surface area contributed by atoms with E-state index >= 15 is 0 Å². The second kappa shape index (κ2) is 9.02. The average Bonchev–Trinajstić information content (AvgIpc) is 2.59. The smallest absolute Gasteiger partial charge is 0.387 e. The van der Waals surface area contributed by atoms with Gasteiger partial charge in [0.15, 0.2) is 12.6 Å². The molecular weight excluding hydrogens is 399 g/mol. The zero-order valence-corrected chi connectivity index (χ0v) is 14.6. The van der Waals surface area contributed by atoms with Crippen LogP contribution >= 0.6 is 7.82 Å². The number of phosphoric ester groups is 1. The van der Waals surface area contributed by atoms with Crippen LogP contribution in [0.1, 0.15) is 0 Å². The topological polar surface area (TPSA) is 236 Å². The van der Waals surface area contributed by atoms with E-state index in [0.29, 0.717) is 0 Å². The van der Waals surface area contributed by atoms with Gasteiger partial charge in [0, 0.05) is 0 Å². The van der Waals surface area contributed by atoms with Crippen molar-refractivity contribution in [1.82, 2.24) is 0 Å². The fourth-order valence-corrected chi connectivity index (χ4v) is 2.96. The largest absolute Gasteiger partial charge is 0.469 e. The number of rotatable bonds is 6. The predicted octanol–water partition coefficient (Wildman–Crippen LogP) is -5.28. The molecule has 0 aromatic heterocycles. The highest BCUT2D eigenvalue weighted by atomic mass is 31.2. The van der Waals surface area contributed by atoms with Gasteiger partial charge in [-0.05, 0) is 0 Å². The van der Waals surface area contributed by atoms with E-state index in [1.54, 1.807) is 0 Å². The summed E-state index contributed by atoms with van der Waals surface area (Å²) in [5, 5.41) is 67.8. The first-order valence-electron chi connectivity index (χ1n) is 7.81. The van der Waals surface area contributed by atoms with Gasteiger partial charge in [-0.1, -0.05) is 0 Å². The fourth-order valence-electron chi connectivity index (χ4n) is 2.62. The van der Waals surface area contributed by atoms with Gasteiger partial charge in [0.1, 0.15) is 48.8 Å². The monoisotopic (exact) mass is 422 g/mol. The molecule has 10 atom stereocenters. The Kier molecular flexibility index (Phi) is 7.68. The Hall–Kier alpha value is -0.290. The summed E-state index contributed by atoms with van der Waals surface area (Å²) >= 11 is 0. The summed E-state index contributed by atoms with van der Waals surface area (Å²) in [5.74, 6) is 0.